The fourth-order valence-electron chi connectivity index (χ4n) is 7.04. The van der Waals surface area contributed by atoms with E-state index in [2.05, 4.69) is 17.1 Å². The van der Waals surface area contributed by atoms with Crippen molar-refractivity contribution in [2.75, 3.05) is 18.6 Å². The molecule has 3 aromatic rings. The van der Waals surface area contributed by atoms with Gasteiger partial charge in [0, 0.05) is 37.2 Å². The van der Waals surface area contributed by atoms with Crippen molar-refractivity contribution in [2.24, 2.45) is 17.8 Å². The molecule has 9 heteroatoms. The first-order valence-electron chi connectivity index (χ1n) is 15.9. The van der Waals surface area contributed by atoms with E-state index in [4.69, 9.17) is 9.72 Å². The monoisotopic (exact) mass is 612 g/mol. The molecule has 0 bridgehead atoms. The Morgan fingerprint density at radius 2 is 1.70 bits per heavy atom. The zero-order valence-corrected chi connectivity index (χ0v) is 26.1. The van der Waals surface area contributed by atoms with E-state index in [1.165, 1.54) is 23.4 Å². The SMILES string of the molecule is COc1ccc([C@H]2CC[C@H](CN(c3cc(-c4cnc(C5CC5)s4)ccn3)C(=O)[C@H]3CC[C@H](CC(=O)O)CC3)CC2)cc1C#N. The Balaban J connectivity index is 1.18. The largest absolute Gasteiger partial charge is 0.495 e. The fourth-order valence-corrected chi connectivity index (χ4v) is 8.12. The number of benzene rings is 1. The number of amides is 1. The Kier molecular flexibility index (Phi) is 9.27. The van der Waals surface area contributed by atoms with Crippen LogP contribution in [0.2, 0.25) is 0 Å². The molecule has 1 amide bonds. The number of anilines is 1. The Bertz CT molecular complexity index is 1530. The van der Waals surface area contributed by atoms with Gasteiger partial charge in [-0.2, -0.15) is 5.26 Å². The van der Waals surface area contributed by atoms with Crippen molar-refractivity contribution in [3.63, 3.8) is 0 Å². The molecule has 0 unspecified atom stereocenters. The predicted octanol–water partition coefficient (Wildman–Crippen LogP) is 7.55. The molecule has 0 atom stereocenters. The van der Waals surface area contributed by atoms with Crippen molar-refractivity contribution in [1.82, 2.24) is 9.97 Å². The second-order valence-electron chi connectivity index (χ2n) is 12.8. The second-order valence-corrected chi connectivity index (χ2v) is 13.9. The number of rotatable bonds is 10. The molecule has 2 aromatic heterocycles. The number of hydrogen-bond donors (Lipinski definition) is 1. The number of ether oxygens (including phenoxy) is 1. The second kappa shape index (κ2) is 13.5. The van der Waals surface area contributed by atoms with Crippen molar-refractivity contribution >= 4 is 29.0 Å². The molecule has 3 saturated carbocycles. The highest BCUT2D eigenvalue weighted by atomic mass is 32.1. The Morgan fingerprint density at radius 3 is 2.39 bits per heavy atom. The lowest BCUT2D eigenvalue weighted by atomic mass is 9.77. The van der Waals surface area contributed by atoms with Crippen LogP contribution in [0.15, 0.2) is 42.7 Å². The summed E-state index contributed by atoms with van der Waals surface area (Å²) >= 11 is 1.74. The number of carboxylic acids is 1. The molecule has 0 radical (unpaired) electrons. The van der Waals surface area contributed by atoms with Crippen LogP contribution in [0.25, 0.3) is 10.4 Å². The standard InChI is InChI=1S/C35H40N4O4S/c1-43-30-13-12-27(17-29(30)19-36)24-6-4-23(5-7-24)21-39(35(42)26-8-2-22(3-9-26)16-33(40)41)32-18-28(14-15-37-32)31-20-38-34(44-31)25-10-11-25/h12-15,17-18,20,22-26H,2-11,16,21H2,1H3,(H,40,41)/t22-,23-,24-,26-. The van der Waals surface area contributed by atoms with Crippen LogP contribution < -0.4 is 9.64 Å². The molecular formula is C35H40N4O4S. The van der Waals surface area contributed by atoms with E-state index in [1.807, 2.05) is 35.4 Å². The van der Waals surface area contributed by atoms with Crippen molar-refractivity contribution < 1.29 is 19.4 Å². The van der Waals surface area contributed by atoms with Crippen molar-refractivity contribution in [1.29, 1.82) is 5.26 Å². The summed E-state index contributed by atoms with van der Waals surface area (Å²) in [5.74, 6) is 2.01. The number of carboxylic acid groups (broad SMARTS) is 1. The van der Waals surface area contributed by atoms with Gasteiger partial charge in [0.1, 0.15) is 17.6 Å². The van der Waals surface area contributed by atoms with E-state index in [1.54, 1.807) is 24.6 Å². The molecule has 3 fully saturated rings. The number of aliphatic carboxylic acids is 1. The van der Waals surface area contributed by atoms with Crippen LogP contribution in [0.1, 0.15) is 98.6 Å². The molecular weight excluding hydrogens is 572 g/mol. The van der Waals surface area contributed by atoms with Crippen molar-refractivity contribution in [3.05, 3.63) is 58.9 Å². The van der Waals surface area contributed by atoms with E-state index in [-0.39, 0.29) is 24.2 Å². The first-order valence-corrected chi connectivity index (χ1v) is 16.8. The van der Waals surface area contributed by atoms with E-state index >= 15 is 0 Å². The van der Waals surface area contributed by atoms with Crippen LogP contribution in [0.3, 0.4) is 0 Å². The van der Waals surface area contributed by atoms with E-state index < -0.39 is 5.97 Å². The summed E-state index contributed by atoms with van der Waals surface area (Å²) in [5.41, 5.74) is 2.79. The van der Waals surface area contributed by atoms with Crippen LogP contribution in [0.4, 0.5) is 5.82 Å². The quantitative estimate of drug-likeness (QED) is 0.251. The molecule has 6 rings (SSSR count). The molecule has 44 heavy (non-hydrogen) atoms. The van der Waals surface area contributed by atoms with E-state index in [0.717, 1.165) is 61.8 Å². The number of carbonyl (C=O) groups is 2. The van der Waals surface area contributed by atoms with Gasteiger partial charge in [0.15, 0.2) is 0 Å². The molecule has 8 nitrogen and oxygen atoms in total. The summed E-state index contributed by atoms with van der Waals surface area (Å²) in [7, 11) is 1.59. The summed E-state index contributed by atoms with van der Waals surface area (Å²) in [4.78, 5) is 37.9. The van der Waals surface area contributed by atoms with Crippen molar-refractivity contribution in [2.45, 2.75) is 82.5 Å². The van der Waals surface area contributed by atoms with Gasteiger partial charge in [-0.05, 0) is 117 Å². The minimum absolute atomic E-state index is 0.113. The van der Waals surface area contributed by atoms with E-state index in [0.29, 0.717) is 41.4 Å². The highest BCUT2D eigenvalue weighted by Crippen LogP contribution is 2.44. The number of thiazole rings is 1. The summed E-state index contributed by atoms with van der Waals surface area (Å²) in [6.45, 7) is 0.624. The third-order valence-electron chi connectivity index (χ3n) is 9.78. The van der Waals surface area contributed by atoms with Gasteiger partial charge < -0.3 is 9.84 Å². The zero-order valence-electron chi connectivity index (χ0n) is 25.3. The molecule has 0 saturated heterocycles. The first-order chi connectivity index (χ1) is 21.4. The highest BCUT2D eigenvalue weighted by molar-refractivity contribution is 7.15. The lowest BCUT2D eigenvalue weighted by molar-refractivity contribution is -0.138. The fraction of sp³-hybridized carbons (Fsp3) is 0.514. The number of methoxy groups -OCH3 is 1. The lowest BCUT2D eigenvalue weighted by Crippen LogP contribution is -2.42. The molecule has 0 spiro atoms. The summed E-state index contributed by atoms with van der Waals surface area (Å²) in [6.07, 6.45) is 13.3. The van der Waals surface area contributed by atoms with Crippen LogP contribution >= 0.6 is 11.3 Å². The summed E-state index contributed by atoms with van der Waals surface area (Å²) in [6, 6.07) is 12.2. The number of hydrogen-bond acceptors (Lipinski definition) is 7. The smallest absolute Gasteiger partial charge is 0.303 e. The average molecular weight is 613 g/mol. The Morgan fingerprint density at radius 1 is 0.977 bits per heavy atom. The van der Waals surface area contributed by atoms with Gasteiger partial charge in [-0.1, -0.05) is 6.07 Å². The van der Waals surface area contributed by atoms with Crippen LogP contribution in [0.5, 0.6) is 5.75 Å². The third kappa shape index (κ3) is 6.96. The Labute approximate surface area is 263 Å². The minimum Gasteiger partial charge on any atom is -0.495 e. The Hall–Kier alpha value is -3.77. The van der Waals surface area contributed by atoms with Crippen LogP contribution in [-0.4, -0.2) is 40.6 Å². The normalized spacial score (nSPS) is 23.5. The maximum absolute atomic E-state index is 14.2. The van der Waals surface area contributed by atoms with Crippen LogP contribution in [0, 0.1) is 29.1 Å². The summed E-state index contributed by atoms with van der Waals surface area (Å²) in [5, 5.41) is 20.0. The lowest BCUT2D eigenvalue weighted by Gasteiger charge is -2.35. The average Bonchev–Trinajstić information content (AvgIpc) is 3.79. The molecule has 0 aliphatic heterocycles. The highest BCUT2D eigenvalue weighted by Gasteiger charge is 2.34. The number of carbonyl (C=O) groups excluding carboxylic acids is 1. The number of nitrogens with zero attached hydrogens (tertiary/aromatic N) is 4. The van der Waals surface area contributed by atoms with Gasteiger partial charge in [-0.15, -0.1) is 11.3 Å². The maximum Gasteiger partial charge on any atom is 0.303 e. The molecule has 230 valence electrons. The maximum atomic E-state index is 14.2. The van der Waals surface area contributed by atoms with Gasteiger partial charge in [0.25, 0.3) is 0 Å². The molecule has 1 aromatic carbocycles. The van der Waals surface area contributed by atoms with Gasteiger partial charge in [0.2, 0.25) is 5.91 Å². The number of pyridine rings is 1. The van der Waals surface area contributed by atoms with Gasteiger partial charge >= 0.3 is 5.97 Å². The summed E-state index contributed by atoms with van der Waals surface area (Å²) < 4.78 is 5.33. The van der Waals surface area contributed by atoms with E-state index in [9.17, 15) is 20.0 Å². The van der Waals surface area contributed by atoms with Gasteiger partial charge in [0.05, 0.1) is 22.6 Å². The number of aromatic nitrogens is 2. The molecule has 1 N–H and O–H groups in total. The van der Waals surface area contributed by atoms with Crippen LogP contribution in [-0.2, 0) is 9.59 Å². The van der Waals surface area contributed by atoms with Crippen molar-refractivity contribution in [3.8, 4) is 22.3 Å². The first kappa shape index (κ1) is 30.3. The molecule has 3 aliphatic rings. The predicted molar refractivity (Wildman–Crippen MR) is 170 cm³/mol. The number of nitriles is 1. The van der Waals surface area contributed by atoms with Gasteiger partial charge in [-0.3, -0.25) is 14.5 Å². The minimum atomic E-state index is -0.760. The third-order valence-corrected chi connectivity index (χ3v) is 11.0. The zero-order chi connectivity index (χ0) is 30.6. The molecule has 2 heterocycles. The topological polar surface area (TPSA) is 116 Å². The van der Waals surface area contributed by atoms with Gasteiger partial charge in [-0.25, -0.2) is 9.97 Å². The molecule has 3 aliphatic carbocycles.